The quantitative estimate of drug-likeness (QED) is 0.411. The van der Waals surface area contributed by atoms with Gasteiger partial charge in [0.1, 0.15) is 5.76 Å². The molecule has 3 rings (SSSR count). The molecule has 0 radical (unpaired) electrons. The molecule has 0 spiro atoms. The molecule has 0 aromatic heterocycles. The van der Waals surface area contributed by atoms with Crippen molar-refractivity contribution in [2.45, 2.75) is 26.9 Å². The molecule has 2 aromatic carbocycles. The van der Waals surface area contributed by atoms with Gasteiger partial charge < -0.3 is 4.74 Å². The van der Waals surface area contributed by atoms with Crippen LogP contribution in [-0.4, -0.2) is 24.2 Å². The molecule has 1 aliphatic heterocycles. The van der Waals surface area contributed by atoms with Crippen molar-refractivity contribution in [1.82, 2.24) is 0 Å². The number of halogens is 3. The summed E-state index contributed by atoms with van der Waals surface area (Å²) in [7, 11) is 0. The van der Waals surface area contributed by atoms with Gasteiger partial charge in [-0.25, -0.2) is 4.90 Å². The maximum absolute atomic E-state index is 13.1. The smallest absolute Gasteiger partial charge is 0.416 e. The third kappa shape index (κ3) is 3.72. The highest BCUT2D eigenvalue weighted by Crippen LogP contribution is 2.42. The fourth-order valence-corrected chi connectivity index (χ4v) is 3.27. The zero-order chi connectivity index (χ0) is 22.2. The molecule has 1 heterocycles. The van der Waals surface area contributed by atoms with Crippen molar-refractivity contribution in [3.05, 3.63) is 64.7 Å². The van der Waals surface area contributed by atoms with Gasteiger partial charge in [-0.15, -0.1) is 0 Å². The van der Waals surface area contributed by atoms with E-state index < -0.39 is 23.6 Å². The first-order valence-electron chi connectivity index (χ1n) is 9.11. The van der Waals surface area contributed by atoms with Gasteiger partial charge in [0.25, 0.3) is 5.91 Å². The zero-order valence-corrected chi connectivity index (χ0v) is 16.5. The van der Waals surface area contributed by atoms with E-state index >= 15 is 0 Å². The minimum Gasteiger partial charge on any atom is -0.492 e. The van der Waals surface area contributed by atoms with Gasteiger partial charge in [0.15, 0.2) is 5.78 Å². The van der Waals surface area contributed by atoms with Crippen LogP contribution in [0.3, 0.4) is 0 Å². The molecule has 0 saturated heterocycles. The first-order valence-corrected chi connectivity index (χ1v) is 9.11. The number of nitrogens with zero attached hydrogens (tertiary/aromatic N) is 1. The van der Waals surface area contributed by atoms with E-state index in [1.165, 1.54) is 44.2 Å². The van der Waals surface area contributed by atoms with Gasteiger partial charge in [0, 0.05) is 23.6 Å². The van der Waals surface area contributed by atoms with Crippen molar-refractivity contribution in [3.63, 3.8) is 0 Å². The first kappa shape index (κ1) is 21.3. The number of imide groups is 1. The molecule has 0 atom stereocenters. The number of fused-ring (bicyclic) bond motifs is 1. The van der Waals surface area contributed by atoms with E-state index in [0.29, 0.717) is 11.1 Å². The summed E-state index contributed by atoms with van der Waals surface area (Å²) in [5.74, 6) is -1.39. The fraction of sp³-hybridized carbons (Fsp3) is 0.227. The predicted octanol–water partition coefficient (Wildman–Crippen LogP) is 4.71. The summed E-state index contributed by atoms with van der Waals surface area (Å²) in [6.45, 7) is 4.39. The minimum absolute atomic E-state index is 0.0184. The topological polar surface area (TPSA) is 63.7 Å². The SMILES string of the molecule is CCOC(=C1C(=O)N(C(C)=O)c2ccc(C(C)=O)cc21)c1ccc(C(F)(F)F)cc1. The lowest BCUT2D eigenvalue weighted by Crippen LogP contribution is -2.31. The Bertz CT molecular complexity index is 1070. The highest BCUT2D eigenvalue weighted by molar-refractivity contribution is 6.43. The number of carbonyl (C=O) groups excluding carboxylic acids is 3. The van der Waals surface area contributed by atoms with Crippen LogP contribution in [-0.2, 0) is 20.5 Å². The van der Waals surface area contributed by atoms with Crippen LogP contribution in [0, 0.1) is 0 Å². The summed E-state index contributed by atoms with van der Waals surface area (Å²) >= 11 is 0. The molecule has 5 nitrogen and oxygen atoms in total. The van der Waals surface area contributed by atoms with E-state index in [1.807, 2.05) is 0 Å². The van der Waals surface area contributed by atoms with Crippen molar-refractivity contribution in [2.75, 3.05) is 11.5 Å². The highest BCUT2D eigenvalue weighted by Gasteiger charge is 2.39. The van der Waals surface area contributed by atoms with Crippen LogP contribution in [0.4, 0.5) is 18.9 Å². The van der Waals surface area contributed by atoms with Crippen molar-refractivity contribution in [3.8, 4) is 0 Å². The monoisotopic (exact) mass is 417 g/mol. The number of carbonyl (C=O) groups is 3. The van der Waals surface area contributed by atoms with Crippen LogP contribution < -0.4 is 4.90 Å². The molecule has 0 saturated carbocycles. The van der Waals surface area contributed by atoms with Crippen LogP contribution in [0.15, 0.2) is 42.5 Å². The van der Waals surface area contributed by atoms with E-state index in [1.54, 1.807) is 6.92 Å². The number of amides is 2. The summed E-state index contributed by atoms with van der Waals surface area (Å²) in [5.41, 5.74) is 0.354. The largest absolute Gasteiger partial charge is 0.492 e. The number of Topliss-reactive ketones (excluding diaryl/α,β-unsaturated/α-hetero) is 1. The summed E-state index contributed by atoms with van der Waals surface area (Å²) in [4.78, 5) is 38.0. The van der Waals surface area contributed by atoms with E-state index in [4.69, 9.17) is 4.74 Å². The molecule has 8 heteroatoms. The molecule has 30 heavy (non-hydrogen) atoms. The number of benzene rings is 2. The first-order chi connectivity index (χ1) is 14.1. The minimum atomic E-state index is -4.50. The molecule has 0 bridgehead atoms. The third-order valence-corrected chi connectivity index (χ3v) is 4.64. The van der Waals surface area contributed by atoms with Gasteiger partial charge in [-0.1, -0.05) is 12.1 Å². The lowest BCUT2D eigenvalue weighted by atomic mass is 9.98. The molecule has 0 aliphatic carbocycles. The van der Waals surface area contributed by atoms with Crippen LogP contribution >= 0.6 is 0 Å². The average Bonchev–Trinajstić information content (AvgIpc) is 2.96. The molecular weight excluding hydrogens is 399 g/mol. The summed E-state index contributed by atoms with van der Waals surface area (Å²) < 4.78 is 44.4. The Morgan fingerprint density at radius 3 is 2.10 bits per heavy atom. The Balaban J connectivity index is 2.27. The maximum Gasteiger partial charge on any atom is 0.416 e. The number of ketones is 1. The van der Waals surface area contributed by atoms with Crippen molar-refractivity contribution in [2.24, 2.45) is 0 Å². The summed E-state index contributed by atoms with van der Waals surface area (Å²) in [6.07, 6.45) is -4.50. The lowest BCUT2D eigenvalue weighted by molar-refractivity contribution is -0.137. The Morgan fingerprint density at radius 1 is 1.00 bits per heavy atom. The van der Waals surface area contributed by atoms with E-state index in [2.05, 4.69) is 0 Å². The van der Waals surface area contributed by atoms with Gasteiger partial charge in [0.05, 0.1) is 23.4 Å². The van der Waals surface area contributed by atoms with Crippen molar-refractivity contribution in [1.29, 1.82) is 0 Å². The molecule has 156 valence electrons. The predicted molar refractivity (Wildman–Crippen MR) is 104 cm³/mol. The van der Waals surface area contributed by atoms with Crippen molar-refractivity contribution >= 4 is 34.6 Å². The van der Waals surface area contributed by atoms with E-state index in [0.717, 1.165) is 17.0 Å². The fourth-order valence-electron chi connectivity index (χ4n) is 3.27. The second-order valence-corrected chi connectivity index (χ2v) is 6.66. The van der Waals surface area contributed by atoms with Gasteiger partial charge in [-0.3, -0.25) is 14.4 Å². The standard InChI is InChI=1S/C22H18F3NO4/c1-4-30-20(14-5-8-16(9-6-14)22(23,24)25)19-17-11-15(12(2)27)7-10-18(17)26(13(3)28)21(19)29/h5-11H,4H2,1-3H3. The Labute approximate surface area is 170 Å². The van der Waals surface area contributed by atoms with Crippen LogP contribution in [0.2, 0.25) is 0 Å². The van der Waals surface area contributed by atoms with E-state index in [9.17, 15) is 27.6 Å². The van der Waals surface area contributed by atoms with Crippen LogP contribution in [0.1, 0.15) is 47.8 Å². The van der Waals surface area contributed by atoms with Crippen LogP contribution in [0.5, 0.6) is 0 Å². The Hall–Kier alpha value is -3.42. The molecule has 0 N–H and O–H groups in total. The van der Waals surface area contributed by atoms with Gasteiger partial charge in [0.2, 0.25) is 5.91 Å². The molecule has 0 unspecified atom stereocenters. The number of hydrogen-bond acceptors (Lipinski definition) is 4. The lowest BCUT2D eigenvalue weighted by Gasteiger charge is -2.14. The number of ether oxygens (including phenoxy) is 1. The number of anilines is 1. The Kier molecular flexibility index (Phi) is 5.52. The highest BCUT2D eigenvalue weighted by atomic mass is 19.4. The molecule has 2 amide bonds. The van der Waals surface area contributed by atoms with E-state index in [-0.39, 0.29) is 35.0 Å². The molecule has 0 fully saturated rings. The number of alkyl halides is 3. The van der Waals surface area contributed by atoms with Gasteiger partial charge >= 0.3 is 6.18 Å². The molecule has 2 aromatic rings. The number of rotatable bonds is 4. The third-order valence-electron chi connectivity index (χ3n) is 4.64. The molecule has 1 aliphatic rings. The summed E-state index contributed by atoms with van der Waals surface area (Å²) in [6, 6.07) is 8.68. The second kappa shape index (κ2) is 7.78. The van der Waals surface area contributed by atoms with Crippen molar-refractivity contribution < 1.29 is 32.3 Å². The Morgan fingerprint density at radius 2 is 1.60 bits per heavy atom. The number of hydrogen-bond donors (Lipinski definition) is 0. The van der Waals surface area contributed by atoms with Gasteiger partial charge in [-0.2, -0.15) is 13.2 Å². The van der Waals surface area contributed by atoms with Gasteiger partial charge in [-0.05, 0) is 44.2 Å². The maximum atomic E-state index is 13.1. The second-order valence-electron chi connectivity index (χ2n) is 6.66. The normalized spacial score (nSPS) is 15.1. The summed E-state index contributed by atoms with van der Waals surface area (Å²) in [5, 5.41) is 0. The zero-order valence-electron chi connectivity index (χ0n) is 16.5. The average molecular weight is 417 g/mol. The molecular formula is C22H18F3NO4. The van der Waals surface area contributed by atoms with Crippen LogP contribution in [0.25, 0.3) is 11.3 Å².